The van der Waals surface area contributed by atoms with Crippen molar-refractivity contribution in [2.75, 3.05) is 27.6 Å². The Morgan fingerprint density at radius 1 is 1.00 bits per heavy atom. The highest BCUT2D eigenvalue weighted by Gasteiger charge is 2.48. The summed E-state index contributed by atoms with van der Waals surface area (Å²) < 4.78 is 22.1. The van der Waals surface area contributed by atoms with E-state index >= 15 is 0 Å². The Balaban J connectivity index is 1.68. The summed E-state index contributed by atoms with van der Waals surface area (Å²) in [7, 11) is 3.29. The van der Waals surface area contributed by atoms with Crippen molar-refractivity contribution < 1.29 is 24.1 Å². The molecule has 3 aliphatic rings. The van der Waals surface area contributed by atoms with Crippen LogP contribution < -0.4 is 18.9 Å². The normalized spacial score (nSPS) is 25.0. The van der Waals surface area contributed by atoms with E-state index in [1.807, 2.05) is 24.3 Å². The fourth-order valence-corrected chi connectivity index (χ4v) is 4.82. The number of nitrogens with zero attached hydrogens (tertiary/aromatic N) is 1. The summed E-state index contributed by atoms with van der Waals surface area (Å²) >= 11 is 0. The van der Waals surface area contributed by atoms with Crippen molar-refractivity contribution in [1.29, 1.82) is 0 Å². The summed E-state index contributed by atoms with van der Waals surface area (Å²) in [6.07, 6.45) is -0.606. The quantitative estimate of drug-likeness (QED) is 0.897. The van der Waals surface area contributed by atoms with Crippen molar-refractivity contribution in [2.24, 2.45) is 0 Å². The zero-order valence-corrected chi connectivity index (χ0v) is 15.7. The molecular weight excluding hydrogens is 346 g/mol. The second-order valence-electron chi connectivity index (χ2n) is 7.22. The van der Waals surface area contributed by atoms with Crippen LogP contribution in [0.25, 0.3) is 0 Å². The fraction of sp³-hybridized carbons (Fsp3) is 0.429. The largest absolute Gasteiger partial charge is 0.493 e. The molecule has 2 aromatic rings. The fourth-order valence-electron chi connectivity index (χ4n) is 4.82. The number of likely N-dealkylation sites (N-methyl/N-ethyl adjacent to an activating group) is 1. The van der Waals surface area contributed by atoms with Gasteiger partial charge in [-0.05, 0) is 53.1 Å². The number of ether oxygens (including phenoxy) is 4. The summed E-state index contributed by atoms with van der Waals surface area (Å²) in [5, 5.41) is 11.3. The minimum atomic E-state index is -0.606. The van der Waals surface area contributed by atoms with E-state index < -0.39 is 6.10 Å². The van der Waals surface area contributed by atoms with E-state index in [4.69, 9.17) is 18.9 Å². The average molecular weight is 369 g/mol. The first-order valence-electron chi connectivity index (χ1n) is 9.26. The predicted octanol–water partition coefficient (Wildman–Crippen LogP) is 3.14. The van der Waals surface area contributed by atoms with Gasteiger partial charge in [0.1, 0.15) is 0 Å². The Labute approximate surface area is 158 Å². The van der Waals surface area contributed by atoms with Gasteiger partial charge in [0.15, 0.2) is 23.0 Å². The van der Waals surface area contributed by atoms with Gasteiger partial charge in [-0.1, -0.05) is 6.92 Å². The van der Waals surface area contributed by atoms with Crippen LogP contribution in [0.1, 0.15) is 47.2 Å². The van der Waals surface area contributed by atoms with E-state index in [1.165, 1.54) is 5.56 Å². The van der Waals surface area contributed by atoms with Gasteiger partial charge in [-0.15, -0.1) is 0 Å². The van der Waals surface area contributed by atoms with E-state index in [0.717, 1.165) is 41.3 Å². The molecule has 0 saturated carbocycles. The highest BCUT2D eigenvalue weighted by atomic mass is 16.7. The van der Waals surface area contributed by atoms with Gasteiger partial charge >= 0.3 is 0 Å². The SMILES string of the molecule is CCN1Cc2cc(OC)c(OC)cc2[C@@H]2[C@H]1c1cc3c(cc1[C@@H]2O)OCO3. The van der Waals surface area contributed by atoms with Gasteiger partial charge in [-0.25, -0.2) is 0 Å². The van der Waals surface area contributed by atoms with Crippen molar-refractivity contribution in [3.8, 4) is 23.0 Å². The summed E-state index contributed by atoms with van der Waals surface area (Å²) in [5.74, 6) is 2.82. The van der Waals surface area contributed by atoms with Crippen LogP contribution in [0.2, 0.25) is 0 Å². The van der Waals surface area contributed by atoms with E-state index in [1.54, 1.807) is 14.2 Å². The van der Waals surface area contributed by atoms with Crippen LogP contribution in [0.5, 0.6) is 23.0 Å². The standard InChI is InChI=1S/C21H23NO5/c1-4-22-9-11-5-15(24-2)16(25-3)6-12(11)19-20(22)13-7-17-18(27-10-26-17)8-14(13)21(19)23/h5-8,19-21,23H,4,9-10H2,1-3H3/t19-,20-,21+/m1/s1. The third kappa shape index (κ3) is 2.26. The molecule has 3 atom stereocenters. The first-order chi connectivity index (χ1) is 13.2. The summed E-state index contributed by atoms with van der Waals surface area (Å²) in [4.78, 5) is 2.40. The lowest BCUT2D eigenvalue weighted by molar-refractivity contribution is 0.0829. The molecule has 2 aliphatic heterocycles. The summed E-state index contributed by atoms with van der Waals surface area (Å²) in [6, 6.07) is 8.14. The van der Waals surface area contributed by atoms with Crippen molar-refractivity contribution >= 4 is 0 Å². The molecule has 0 bridgehead atoms. The maximum absolute atomic E-state index is 11.3. The van der Waals surface area contributed by atoms with Crippen molar-refractivity contribution in [1.82, 2.24) is 4.90 Å². The van der Waals surface area contributed by atoms with Crippen LogP contribution in [0.3, 0.4) is 0 Å². The average Bonchev–Trinajstić information content (AvgIpc) is 3.27. The molecule has 0 unspecified atom stereocenters. The Morgan fingerprint density at radius 3 is 2.33 bits per heavy atom. The van der Waals surface area contributed by atoms with Gasteiger partial charge in [0.05, 0.1) is 20.3 Å². The molecular formula is C21H23NO5. The zero-order valence-electron chi connectivity index (χ0n) is 15.7. The van der Waals surface area contributed by atoms with Gasteiger partial charge in [0.25, 0.3) is 0 Å². The Hall–Kier alpha value is -2.44. The van der Waals surface area contributed by atoms with Crippen LogP contribution in [0.15, 0.2) is 24.3 Å². The second kappa shape index (κ2) is 6.04. The third-order valence-corrected chi connectivity index (χ3v) is 6.07. The molecule has 0 amide bonds. The predicted molar refractivity (Wildman–Crippen MR) is 98.6 cm³/mol. The maximum Gasteiger partial charge on any atom is 0.231 e. The number of hydrogen-bond acceptors (Lipinski definition) is 6. The highest BCUT2D eigenvalue weighted by Crippen LogP contribution is 2.58. The molecule has 142 valence electrons. The van der Waals surface area contributed by atoms with Crippen LogP contribution in [0.4, 0.5) is 0 Å². The van der Waals surface area contributed by atoms with E-state index in [0.29, 0.717) is 11.5 Å². The lowest BCUT2D eigenvalue weighted by Crippen LogP contribution is -2.36. The lowest BCUT2D eigenvalue weighted by Gasteiger charge is -2.40. The Kier molecular flexibility index (Phi) is 3.74. The summed E-state index contributed by atoms with van der Waals surface area (Å²) in [5.41, 5.74) is 4.34. The smallest absolute Gasteiger partial charge is 0.231 e. The molecule has 0 radical (unpaired) electrons. The van der Waals surface area contributed by atoms with E-state index in [-0.39, 0.29) is 18.8 Å². The number of fused-ring (bicyclic) bond motifs is 6. The van der Waals surface area contributed by atoms with Crippen molar-refractivity contribution in [3.63, 3.8) is 0 Å². The van der Waals surface area contributed by atoms with Crippen LogP contribution >= 0.6 is 0 Å². The Morgan fingerprint density at radius 2 is 1.67 bits per heavy atom. The molecule has 27 heavy (non-hydrogen) atoms. The van der Waals surface area contributed by atoms with Crippen LogP contribution in [-0.4, -0.2) is 37.6 Å². The minimum Gasteiger partial charge on any atom is -0.493 e. The maximum atomic E-state index is 11.3. The van der Waals surface area contributed by atoms with E-state index in [9.17, 15) is 5.11 Å². The van der Waals surface area contributed by atoms with Gasteiger partial charge in [-0.2, -0.15) is 0 Å². The molecule has 5 rings (SSSR count). The van der Waals surface area contributed by atoms with Gasteiger partial charge in [0, 0.05) is 18.5 Å². The third-order valence-electron chi connectivity index (χ3n) is 6.07. The molecule has 0 fully saturated rings. The number of hydrogen-bond donors (Lipinski definition) is 1. The molecule has 0 saturated heterocycles. The van der Waals surface area contributed by atoms with Crippen molar-refractivity contribution in [2.45, 2.75) is 31.5 Å². The second-order valence-corrected chi connectivity index (χ2v) is 7.22. The molecule has 2 aromatic carbocycles. The van der Waals surface area contributed by atoms with Gasteiger partial charge in [-0.3, -0.25) is 4.90 Å². The topological polar surface area (TPSA) is 60.4 Å². The molecule has 6 nitrogen and oxygen atoms in total. The zero-order chi connectivity index (χ0) is 18.7. The van der Waals surface area contributed by atoms with Gasteiger partial charge < -0.3 is 24.1 Å². The number of aliphatic hydroxyl groups excluding tert-OH is 1. The number of aliphatic hydroxyl groups is 1. The number of methoxy groups -OCH3 is 2. The molecule has 1 aliphatic carbocycles. The molecule has 0 spiro atoms. The molecule has 2 heterocycles. The van der Waals surface area contributed by atoms with Crippen LogP contribution in [0, 0.1) is 0 Å². The van der Waals surface area contributed by atoms with Gasteiger partial charge in [0.2, 0.25) is 6.79 Å². The monoisotopic (exact) mass is 369 g/mol. The van der Waals surface area contributed by atoms with E-state index in [2.05, 4.69) is 11.8 Å². The highest BCUT2D eigenvalue weighted by molar-refractivity contribution is 5.58. The molecule has 6 heteroatoms. The lowest BCUT2D eigenvalue weighted by atomic mass is 9.82. The molecule has 1 N–H and O–H groups in total. The minimum absolute atomic E-state index is 0.0639. The first-order valence-corrected chi connectivity index (χ1v) is 9.26. The first kappa shape index (κ1) is 16.7. The summed E-state index contributed by atoms with van der Waals surface area (Å²) in [6.45, 7) is 4.07. The number of rotatable bonds is 3. The van der Waals surface area contributed by atoms with Crippen LogP contribution in [-0.2, 0) is 6.54 Å². The number of benzene rings is 2. The van der Waals surface area contributed by atoms with Crippen molar-refractivity contribution in [3.05, 3.63) is 46.5 Å². The molecule has 0 aromatic heterocycles. The Bertz CT molecular complexity index is 912.